The Bertz CT molecular complexity index is 292. The van der Waals surface area contributed by atoms with E-state index in [1.165, 1.54) is 0 Å². The zero-order valence-electron chi connectivity index (χ0n) is 7.42. The molecular weight excluding hydrogens is 237 g/mol. The number of hydrogen-bond donors (Lipinski definition) is 3. The highest BCUT2D eigenvalue weighted by Gasteiger charge is 2.38. The summed E-state index contributed by atoms with van der Waals surface area (Å²) in [7, 11) is 0. The molecule has 0 aromatic carbocycles. The van der Waals surface area contributed by atoms with Gasteiger partial charge in [-0.3, -0.25) is 20.2 Å². The maximum absolute atomic E-state index is 10.6. The molecule has 4 amide bonds. The van der Waals surface area contributed by atoms with Crippen LogP contribution in [0, 0.1) is 0 Å². The van der Waals surface area contributed by atoms with E-state index in [4.69, 9.17) is 9.90 Å². The average Bonchev–Trinajstić information content (AvgIpc) is 1.99. The zero-order valence-corrected chi connectivity index (χ0v) is 7.42. The highest BCUT2D eigenvalue weighted by molar-refractivity contribution is 6.14. The van der Waals surface area contributed by atoms with Crippen LogP contribution in [0.15, 0.2) is 0 Å². The van der Waals surface area contributed by atoms with Crippen LogP contribution in [0.2, 0.25) is 0 Å². The molecule has 1 aliphatic heterocycles. The Balaban J connectivity index is 0.000000293. The zero-order chi connectivity index (χ0) is 12.9. The van der Waals surface area contributed by atoms with Gasteiger partial charge < -0.3 is 5.11 Å². The lowest BCUT2D eigenvalue weighted by Gasteiger charge is -2.09. The molecule has 0 saturated carbocycles. The standard InChI is InChI=1S/C4H4N2O3.C2HF3O2/c7-2-1-3(8)6-4(9)5-2;3-2(4,5)1(6)7/h1H2,(H2,5,6,7,8,9);(H,6,7). The minimum atomic E-state index is -5.08. The molecule has 7 nitrogen and oxygen atoms in total. The first-order chi connectivity index (χ1) is 7.12. The first-order valence-corrected chi connectivity index (χ1v) is 3.56. The van der Waals surface area contributed by atoms with E-state index >= 15 is 0 Å². The van der Waals surface area contributed by atoms with Gasteiger partial charge in [-0.15, -0.1) is 0 Å². The van der Waals surface area contributed by atoms with E-state index < -0.39 is 30.0 Å². The molecule has 1 heterocycles. The van der Waals surface area contributed by atoms with E-state index in [1.807, 2.05) is 10.6 Å². The van der Waals surface area contributed by atoms with Gasteiger partial charge in [0.15, 0.2) is 0 Å². The lowest BCUT2D eigenvalue weighted by molar-refractivity contribution is -0.192. The number of barbiturate groups is 1. The normalized spacial score (nSPS) is 15.6. The summed E-state index contributed by atoms with van der Waals surface area (Å²) in [4.78, 5) is 39.7. The van der Waals surface area contributed by atoms with E-state index in [0.29, 0.717) is 0 Å². The van der Waals surface area contributed by atoms with Crippen molar-refractivity contribution in [3.8, 4) is 0 Å². The Morgan fingerprint density at radius 2 is 1.44 bits per heavy atom. The Morgan fingerprint density at radius 3 is 1.62 bits per heavy atom. The van der Waals surface area contributed by atoms with Crippen molar-refractivity contribution >= 4 is 23.8 Å². The highest BCUT2D eigenvalue weighted by atomic mass is 19.4. The minimum absolute atomic E-state index is 0.258. The molecule has 3 N–H and O–H groups in total. The van der Waals surface area contributed by atoms with E-state index in [1.54, 1.807) is 0 Å². The second kappa shape index (κ2) is 5.09. The summed E-state index contributed by atoms with van der Waals surface area (Å²) in [6.07, 6.45) is -5.34. The largest absolute Gasteiger partial charge is 0.490 e. The molecule has 0 unspecified atom stereocenters. The van der Waals surface area contributed by atoms with Crippen LogP contribution in [0.3, 0.4) is 0 Å². The van der Waals surface area contributed by atoms with E-state index in [-0.39, 0.29) is 6.42 Å². The topological polar surface area (TPSA) is 113 Å². The molecule has 0 atom stereocenters. The number of aliphatic carboxylic acids is 1. The van der Waals surface area contributed by atoms with Gasteiger partial charge in [-0.2, -0.15) is 13.2 Å². The number of halogens is 3. The fourth-order valence-corrected chi connectivity index (χ4v) is 0.519. The Labute approximate surface area is 85.6 Å². The first kappa shape index (κ1) is 13.9. The van der Waals surface area contributed by atoms with Gasteiger partial charge >= 0.3 is 18.2 Å². The van der Waals surface area contributed by atoms with E-state index in [9.17, 15) is 27.6 Å². The van der Waals surface area contributed by atoms with Crippen LogP contribution in [0.25, 0.3) is 0 Å². The van der Waals surface area contributed by atoms with Crippen LogP contribution in [0.1, 0.15) is 6.42 Å². The summed E-state index contributed by atoms with van der Waals surface area (Å²) in [5.41, 5.74) is 0. The van der Waals surface area contributed by atoms with Gasteiger partial charge in [0.2, 0.25) is 11.8 Å². The number of carboxylic acids is 1. The molecule has 1 fully saturated rings. The fourth-order valence-electron chi connectivity index (χ4n) is 0.519. The van der Waals surface area contributed by atoms with Crippen LogP contribution in [-0.2, 0) is 14.4 Å². The third-order valence-electron chi connectivity index (χ3n) is 1.07. The molecule has 0 aromatic rings. The molecule has 1 aliphatic rings. The third kappa shape index (κ3) is 5.57. The number of hydrogen-bond acceptors (Lipinski definition) is 4. The molecule has 90 valence electrons. The Morgan fingerprint density at radius 1 is 1.12 bits per heavy atom. The smallest absolute Gasteiger partial charge is 0.475 e. The molecule has 0 aromatic heterocycles. The quantitative estimate of drug-likeness (QED) is 0.490. The molecule has 0 bridgehead atoms. The highest BCUT2D eigenvalue weighted by Crippen LogP contribution is 2.13. The van der Waals surface area contributed by atoms with Gasteiger partial charge in [-0.1, -0.05) is 0 Å². The summed E-state index contributed by atoms with van der Waals surface area (Å²) in [6, 6.07) is -0.740. The SMILES string of the molecule is O=C(O)C(F)(F)F.O=C1CC(=O)NC(=O)N1. The van der Waals surface area contributed by atoms with Crippen LogP contribution >= 0.6 is 0 Å². The van der Waals surface area contributed by atoms with Crippen molar-refractivity contribution in [2.45, 2.75) is 12.6 Å². The summed E-state index contributed by atoms with van der Waals surface area (Å²) in [5, 5.41) is 10.9. The number of carboxylic acid groups (broad SMARTS) is 1. The molecule has 16 heavy (non-hydrogen) atoms. The van der Waals surface area contributed by atoms with Gasteiger partial charge in [0, 0.05) is 0 Å². The van der Waals surface area contributed by atoms with Crippen molar-refractivity contribution in [3.05, 3.63) is 0 Å². The molecular formula is C6H5F3N2O5. The molecule has 0 aliphatic carbocycles. The van der Waals surface area contributed by atoms with Crippen molar-refractivity contribution in [1.29, 1.82) is 0 Å². The van der Waals surface area contributed by atoms with Crippen LogP contribution in [0.5, 0.6) is 0 Å². The first-order valence-electron chi connectivity index (χ1n) is 3.56. The van der Waals surface area contributed by atoms with Crippen molar-refractivity contribution in [1.82, 2.24) is 10.6 Å². The lowest BCUT2D eigenvalue weighted by atomic mass is 10.3. The van der Waals surface area contributed by atoms with Gasteiger partial charge in [0.1, 0.15) is 6.42 Å². The maximum Gasteiger partial charge on any atom is 0.490 e. The molecule has 10 heteroatoms. The number of nitrogens with one attached hydrogen (secondary N) is 2. The van der Waals surface area contributed by atoms with Crippen LogP contribution in [0.4, 0.5) is 18.0 Å². The second-order valence-electron chi connectivity index (χ2n) is 2.41. The van der Waals surface area contributed by atoms with Crippen molar-refractivity contribution < 1.29 is 37.5 Å². The van der Waals surface area contributed by atoms with Crippen LogP contribution < -0.4 is 10.6 Å². The summed E-state index contributed by atoms with van der Waals surface area (Å²) >= 11 is 0. The van der Waals surface area contributed by atoms with Gasteiger partial charge in [0.25, 0.3) is 0 Å². The fraction of sp³-hybridized carbons (Fsp3) is 0.333. The Kier molecular flexibility index (Phi) is 4.41. The average molecular weight is 242 g/mol. The predicted molar refractivity (Wildman–Crippen MR) is 40.0 cm³/mol. The summed E-state index contributed by atoms with van der Waals surface area (Å²) in [5.74, 6) is -3.86. The predicted octanol–water partition coefficient (Wildman–Crippen LogP) is -0.624. The maximum atomic E-state index is 10.6. The number of amides is 4. The van der Waals surface area contributed by atoms with E-state index in [2.05, 4.69) is 0 Å². The monoisotopic (exact) mass is 242 g/mol. The van der Waals surface area contributed by atoms with Gasteiger partial charge in [0.05, 0.1) is 0 Å². The number of carbonyl (C=O) groups is 4. The second-order valence-corrected chi connectivity index (χ2v) is 2.41. The molecule has 0 radical (unpaired) electrons. The van der Waals surface area contributed by atoms with Crippen molar-refractivity contribution in [3.63, 3.8) is 0 Å². The molecule has 1 rings (SSSR count). The number of alkyl halides is 3. The van der Waals surface area contributed by atoms with Gasteiger partial charge in [-0.25, -0.2) is 9.59 Å². The third-order valence-corrected chi connectivity index (χ3v) is 1.07. The van der Waals surface area contributed by atoms with E-state index in [0.717, 1.165) is 0 Å². The molecule has 0 spiro atoms. The van der Waals surface area contributed by atoms with Crippen LogP contribution in [-0.4, -0.2) is 35.1 Å². The number of carbonyl (C=O) groups excluding carboxylic acids is 3. The number of rotatable bonds is 0. The van der Waals surface area contributed by atoms with Gasteiger partial charge in [-0.05, 0) is 0 Å². The van der Waals surface area contributed by atoms with Crippen molar-refractivity contribution in [2.75, 3.05) is 0 Å². The number of imide groups is 2. The Hall–Kier alpha value is -2.13. The summed E-state index contributed by atoms with van der Waals surface area (Å²) in [6.45, 7) is 0. The lowest BCUT2D eigenvalue weighted by Crippen LogP contribution is -2.49. The summed E-state index contributed by atoms with van der Waals surface area (Å²) < 4.78 is 31.7. The minimum Gasteiger partial charge on any atom is -0.475 e. The molecule has 1 saturated heterocycles. The van der Waals surface area contributed by atoms with Crippen molar-refractivity contribution in [2.24, 2.45) is 0 Å². The number of urea groups is 1.